The predicted molar refractivity (Wildman–Crippen MR) is 65.1 cm³/mol. The number of carbonyl (C=O) groups excluding carboxylic acids is 1. The third kappa shape index (κ3) is 2.67. The Morgan fingerprint density at radius 1 is 1.50 bits per heavy atom. The van der Waals surface area contributed by atoms with E-state index in [0.29, 0.717) is 30.1 Å². The van der Waals surface area contributed by atoms with Crippen molar-refractivity contribution in [2.45, 2.75) is 13.8 Å². The Bertz CT molecular complexity index is 379. The number of benzene rings is 1. The minimum atomic E-state index is -0.177. The molecule has 1 aromatic carbocycles. The number of rotatable bonds is 4. The number of aryl methyl sites for hydroxylation is 1. The summed E-state index contributed by atoms with van der Waals surface area (Å²) in [5, 5.41) is 9.80. The minimum absolute atomic E-state index is 0.0560. The van der Waals surface area contributed by atoms with Gasteiger partial charge in [-0.1, -0.05) is 12.1 Å². The highest BCUT2D eigenvalue weighted by molar-refractivity contribution is 6.18. The molecule has 16 heavy (non-hydrogen) atoms. The quantitative estimate of drug-likeness (QED) is 0.823. The molecule has 0 heterocycles. The number of hydrogen-bond donors (Lipinski definition) is 1. The van der Waals surface area contributed by atoms with Gasteiger partial charge in [0.15, 0.2) is 0 Å². The van der Waals surface area contributed by atoms with Crippen molar-refractivity contribution < 1.29 is 9.90 Å². The molecule has 1 amide bonds. The molecule has 0 atom stereocenters. The summed E-state index contributed by atoms with van der Waals surface area (Å²) < 4.78 is 0. The fourth-order valence-electron chi connectivity index (χ4n) is 1.51. The van der Waals surface area contributed by atoms with Gasteiger partial charge in [0.05, 0.1) is 5.56 Å². The fraction of sp³-hybridized carbons (Fsp3) is 0.417. The van der Waals surface area contributed by atoms with Crippen molar-refractivity contribution in [3.05, 3.63) is 29.3 Å². The molecule has 0 bridgehead atoms. The topological polar surface area (TPSA) is 40.5 Å². The molecule has 0 saturated carbocycles. The predicted octanol–water partition coefficient (Wildman–Crippen LogP) is 2.40. The van der Waals surface area contributed by atoms with Crippen molar-refractivity contribution in [3.8, 4) is 5.75 Å². The van der Waals surface area contributed by atoms with Crippen LogP contribution < -0.4 is 0 Å². The average molecular weight is 242 g/mol. The molecule has 0 aromatic heterocycles. The van der Waals surface area contributed by atoms with Crippen LogP contribution in [0.4, 0.5) is 0 Å². The Kier molecular flexibility index (Phi) is 4.62. The number of carbonyl (C=O) groups is 1. The summed E-state index contributed by atoms with van der Waals surface area (Å²) in [5.41, 5.74) is 1.04. The first-order chi connectivity index (χ1) is 7.61. The van der Waals surface area contributed by atoms with E-state index >= 15 is 0 Å². The Balaban J connectivity index is 2.99. The van der Waals surface area contributed by atoms with Crippen LogP contribution >= 0.6 is 11.6 Å². The van der Waals surface area contributed by atoms with Crippen LogP contribution in [0.1, 0.15) is 22.8 Å². The molecule has 3 nitrogen and oxygen atoms in total. The minimum Gasteiger partial charge on any atom is -0.507 e. The smallest absolute Gasteiger partial charge is 0.257 e. The number of hydrogen-bond acceptors (Lipinski definition) is 2. The molecule has 88 valence electrons. The van der Waals surface area contributed by atoms with E-state index < -0.39 is 0 Å². The molecule has 0 aliphatic carbocycles. The number of phenols is 1. The van der Waals surface area contributed by atoms with Crippen molar-refractivity contribution in [1.82, 2.24) is 4.90 Å². The van der Waals surface area contributed by atoms with Crippen molar-refractivity contribution in [1.29, 1.82) is 0 Å². The van der Waals surface area contributed by atoms with Crippen LogP contribution in [0.15, 0.2) is 18.2 Å². The summed E-state index contributed by atoms with van der Waals surface area (Å²) >= 11 is 5.62. The van der Waals surface area contributed by atoms with E-state index in [1.54, 1.807) is 30.0 Å². The lowest BCUT2D eigenvalue weighted by molar-refractivity contribution is 0.0771. The lowest BCUT2D eigenvalue weighted by Gasteiger charge is -2.20. The Hall–Kier alpha value is -1.22. The van der Waals surface area contributed by atoms with Crippen molar-refractivity contribution in [3.63, 3.8) is 0 Å². The molecule has 1 N–H and O–H groups in total. The van der Waals surface area contributed by atoms with E-state index in [4.69, 9.17) is 11.6 Å². The second-order valence-corrected chi connectivity index (χ2v) is 3.92. The highest BCUT2D eigenvalue weighted by Gasteiger charge is 2.17. The third-order valence-electron chi connectivity index (χ3n) is 2.49. The van der Waals surface area contributed by atoms with Crippen LogP contribution in [-0.4, -0.2) is 34.9 Å². The van der Waals surface area contributed by atoms with Crippen molar-refractivity contribution in [2.75, 3.05) is 19.0 Å². The SMILES string of the molecule is CCN(CCCl)C(=O)c1cccc(C)c1O. The van der Waals surface area contributed by atoms with E-state index in [1.165, 1.54) is 0 Å². The number of aromatic hydroxyl groups is 1. The second kappa shape index (κ2) is 5.75. The molecule has 0 aliphatic heterocycles. The first kappa shape index (κ1) is 12.8. The lowest BCUT2D eigenvalue weighted by atomic mass is 10.1. The molecule has 0 spiro atoms. The molecule has 0 aliphatic rings. The monoisotopic (exact) mass is 241 g/mol. The van der Waals surface area contributed by atoms with Crippen LogP contribution in [0.25, 0.3) is 0 Å². The van der Waals surface area contributed by atoms with Crippen LogP contribution in [-0.2, 0) is 0 Å². The van der Waals surface area contributed by atoms with Crippen molar-refractivity contribution in [2.24, 2.45) is 0 Å². The number of para-hydroxylation sites is 1. The van der Waals surface area contributed by atoms with Gasteiger partial charge in [0, 0.05) is 19.0 Å². The first-order valence-electron chi connectivity index (χ1n) is 5.25. The highest BCUT2D eigenvalue weighted by atomic mass is 35.5. The number of nitrogens with zero attached hydrogens (tertiary/aromatic N) is 1. The summed E-state index contributed by atoms with van der Waals surface area (Å²) in [7, 11) is 0. The van der Waals surface area contributed by atoms with Gasteiger partial charge in [0.1, 0.15) is 5.75 Å². The van der Waals surface area contributed by atoms with E-state index in [-0.39, 0.29) is 11.7 Å². The molecule has 4 heteroatoms. The number of amides is 1. The summed E-state index contributed by atoms with van der Waals surface area (Å²) in [4.78, 5) is 13.7. The van der Waals surface area contributed by atoms with Gasteiger partial charge in [-0.25, -0.2) is 0 Å². The van der Waals surface area contributed by atoms with Crippen molar-refractivity contribution >= 4 is 17.5 Å². The standard InChI is InChI=1S/C12H16ClNO2/c1-3-14(8-7-13)12(16)10-6-4-5-9(2)11(10)15/h4-6,15H,3,7-8H2,1-2H3. The number of phenolic OH excluding ortho intramolecular Hbond substituents is 1. The molecule has 0 saturated heterocycles. The molecule has 0 radical (unpaired) electrons. The largest absolute Gasteiger partial charge is 0.507 e. The molecule has 1 aromatic rings. The van der Waals surface area contributed by atoms with Gasteiger partial charge in [0.2, 0.25) is 0 Å². The zero-order valence-electron chi connectivity index (χ0n) is 9.53. The summed E-state index contributed by atoms with van der Waals surface area (Å²) in [6, 6.07) is 5.16. The van der Waals surface area contributed by atoms with Crippen LogP contribution in [0.5, 0.6) is 5.75 Å². The van der Waals surface area contributed by atoms with Gasteiger partial charge in [-0.05, 0) is 25.5 Å². The summed E-state index contributed by atoms with van der Waals surface area (Å²) in [6.07, 6.45) is 0. The number of alkyl halides is 1. The maximum Gasteiger partial charge on any atom is 0.257 e. The molecule has 1 rings (SSSR count). The van der Waals surface area contributed by atoms with Gasteiger partial charge >= 0.3 is 0 Å². The van der Waals surface area contributed by atoms with E-state index in [0.717, 1.165) is 0 Å². The highest BCUT2D eigenvalue weighted by Crippen LogP contribution is 2.22. The second-order valence-electron chi connectivity index (χ2n) is 3.54. The van der Waals surface area contributed by atoms with Crippen LogP contribution in [0.2, 0.25) is 0 Å². The molecule has 0 fully saturated rings. The molecular weight excluding hydrogens is 226 g/mol. The zero-order valence-corrected chi connectivity index (χ0v) is 10.3. The summed E-state index contributed by atoms with van der Waals surface area (Å²) in [6.45, 7) is 4.73. The Labute approximate surface area is 101 Å². The van der Waals surface area contributed by atoms with Gasteiger partial charge in [-0.15, -0.1) is 11.6 Å². The maximum atomic E-state index is 12.0. The van der Waals surface area contributed by atoms with Gasteiger partial charge in [-0.3, -0.25) is 4.79 Å². The Morgan fingerprint density at radius 2 is 2.19 bits per heavy atom. The van der Waals surface area contributed by atoms with E-state index in [9.17, 15) is 9.90 Å². The third-order valence-corrected chi connectivity index (χ3v) is 2.66. The summed E-state index contributed by atoms with van der Waals surface area (Å²) in [5.74, 6) is 0.275. The van der Waals surface area contributed by atoms with E-state index in [1.807, 2.05) is 6.92 Å². The molecular formula is C12H16ClNO2. The Morgan fingerprint density at radius 3 is 2.75 bits per heavy atom. The maximum absolute atomic E-state index is 12.0. The van der Waals surface area contributed by atoms with Gasteiger partial charge in [-0.2, -0.15) is 0 Å². The normalized spacial score (nSPS) is 10.2. The average Bonchev–Trinajstić information content (AvgIpc) is 2.29. The first-order valence-corrected chi connectivity index (χ1v) is 5.79. The van der Waals surface area contributed by atoms with Gasteiger partial charge in [0.25, 0.3) is 5.91 Å². The number of halogens is 1. The lowest BCUT2D eigenvalue weighted by Crippen LogP contribution is -2.32. The zero-order chi connectivity index (χ0) is 12.1. The fourth-order valence-corrected chi connectivity index (χ4v) is 1.71. The van der Waals surface area contributed by atoms with Gasteiger partial charge < -0.3 is 10.0 Å². The molecule has 0 unspecified atom stereocenters. The van der Waals surface area contributed by atoms with Crippen LogP contribution in [0, 0.1) is 6.92 Å². The van der Waals surface area contributed by atoms with E-state index in [2.05, 4.69) is 0 Å². The van der Waals surface area contributed by atoms with Crippen LogP contribution in [0.3, 0.4) is 0 Å².